The molecule has 0 spiro atoms. The number of hydrogen-bond acceptors (Lipinski definition) is 3. The number of rotatable bonds is 7. The van der Waals surface area contributed by atoms with Crippen molar-refractivity contribution in [3.05, 3.63) is 29.8 Å². The van der Waals surface area contributed by atoms with Gasteiger partial charge in [-0.15, -0.1) is 0 Å². The van der Waals surface area contributed by atoms with Crippen molar-refractivity contribution < 1.29 is 8.42 Å². The maximum atomic E-state index is 12.1. The highest BCUT2D eigenvalue weighted by Gasteiger charge is 2.33. The molecule has 2 atom stereocenters. The third kappa shape index (κ3) is 4.03. The van der Waals surface area contributed by atoms with Gasteiger partial charge in [0, 0.05) is 6.54 Å². The van der Waals surface area contributed by atoms with E-state index in [4.69, 9.17) is 5.73 Å². The molecule has 106 valence electrons. The average molecular weight is 282 g/mol. The molecule has 0 aliphatic heterocycles. The molecule has 1 aliphatic rings. The van der Waals surface area contributed by atoms with Crippen molar-refractivity contribution in [3.8, 4) is 0 Å². The van der Waals surface area contributed by atoms with E-state index in [2.05, 4.69) is 11.6 Å². The second-order valence-electron chi connectivity index (χ2n) is 5.36. The first-order chi connectivity index (χ1) is 9.03. The van der Waals surface area contributed by atoms with Gasteiger partial charge in [-0.05, 0) is 55.3 Å². The molecule has 3 N–H and O–H groups in total. The van der Waals surface area contributed by atoms with E-state index < -0.39 is 10.0 Å². The molecule has 0 amide bonds. The van der Waals surface area contributed by atoms with Gasteiger partial charge in [0.25, 0.3) is 0 Å². The van der Waals surface area contributed by atoms with E-state index in [9.17, 15) is 8.42 Å². The Hall–Kier alpha value is -0.910. The van der Waals surface area contributed by atoms with Crippen LogP contribution >= 0.6 is 0 Å². The topological polar surface area (TPSA) is 72.2 Å². The van der Waals surface area contributed by atoms with Crippen molar-refractivity contribution in [2.24, 2.45) is 17.6 Å². The van der Waals surface area contributed by atoms with Crippen molar-refractivity contribution in [3.63, 3.8) is 0 Å². The van der Waals surface area contributed by atoms with Crippen LogP contribution in [0, 0.1) is 11.8 Å². The van der Waals surface area contributed by atoms with Crippen molar-refractivity contribution >= 4 is 10.0 Å². The van der Waals surface area contributed by atoms with E-state index in [1.54, 1.807) is 12.1 Å². The maximum Gasteiger partial charge on any atom is 0.240 e. The first-order valence-electron chi connectivity index (χ1n) is 6.81. The van der Waals surface area contributed by atoms with Crippen LogP contribution in [-0.2, 0) is 16.4 Å². The van der Waals surface area contributed by atoms with Gasteiger partial charge in [-0.2, -0.15) is 0 Å². The van der Waals surface area contributed by atoms with Crippen molar-refractivity contribution in [1.29, 1.82) is 0 Å². The molecule has 1 fully saturated rings. The van der Waals surface area contributed by atoms with Crippen molar-refractivity contribution in [2.45, 2.75) is 31.1 Å². The molecule has 1 aromatic rings. The number of benzene rings is 1. The third-order valence-corrected chi connectivity index (χ3v) is 5.15. The molecule has 0 saturated heterocycles. The van der Waals surface area contributed by atoms with Crippen LogP contribution in [0.1, 0.15) is 25.3 Å². The molecular formula is C14H22N2O2S. The van der Waals surface area contributed by atoms with Crippen LogP contribution in [-0.4, -0.2) is 21.5 Å². The predicted molar refractivity (Wildman–Crippen MR) is 76.3 cm³/mol. The van der Waals surface area contributed by atoms with Crippen molar-refractivity contribution in [2.75, 3.05) is 13.1 Å². The molecule has 0 radical (unpaired) electrons. The van der Waals surface area contributed by atoms with Crippen LogP contribution < -0.4 is 10.5 Å². The highest BCUT2D eigenvalue weighted by Crippen LogP contribution is 2.37. The van der Waals surface area contributed by atoms with Gasteiger partial charge in [-0.25, -0.2) is 13.1 Å². The Morgan fingerprint density at radius 2 is 1.95 bits per heavy atom. The van der Waals surface area contributed by atoms with Crippen LogP contribution in [0.5, 0.6) is 0 Å². The molecule has 19 heavy (non-hydrogen) atoms. The summed E-state index contributed by atoms with van der Waals surface area (Å²) in [6, 6.07) is 7.07. The number of hydrogen-bond donors (Lipinski definition) is 2. The molecule has 0 aromatic heterocycles. The van der Waals surface area contributed by atoms with Gasteiger partial charge in [0.05, 0.1) is 4.90 Å². The minimum atomic E-state index is -3.35. The molecule has 2 rings (SSSR count). The maximum absolute atomic E-state index is 12.1. The molecule has 5 heteroatoms. The number of nitrogens with two attached hydrogens (primary N) is 1. The number of sulfonamides is 1. The molecule has 1 saturated carbocycles. The summed E-state index contributed by atoms with van der Waals surface area (Å²) in [6.07, 6.45) is 2.94. The van der Waals surface area contributed by atoms with E-state index in [1.807, 2.05) is 12.1 Å². The fraction of sp³-hybridized carbons (Fsp3) is 0.571. The van der Waals surface area contributed by atoms with Gasteiger partial charge in [0.1, 0.15) is 0 Å². The van der Waals surface area contributed by atoms with E-state index in [0.717, 1.165) is 24.8 Å². The van der Waals surface area contributed by atoms with Crippen LogP contribution in [0.15, 0.2) is 29.2 Å². The molecule has 0 bridgehead atoms. The second kappa shape index (κ2) is 6.03. The zero-order chi connectivity index (χ0) is 13.9. The Morgan fingerprint density at radius 3 is 2.47 bits per heavy atom. The Kier molecular flexibility index (Phi) is 4.60. The zero-order valence-electron chi connectivity index (χ0n) is 11.3. The SMILES string of the molecule is CC1CC1CNS(=O)(=O)c1ccc(CCCN)cc1. The van der Waals surface area contributed by atoms with E-state index in [0.29, 0.717) is 29.8 Å². The van der Waals surface area contributed by atoms with E-state index in [1.165, 1.54) is 0 Å². The zero-order valence-corrected chi connectivity index (χ0v) is 12.1. The fourth-order valence-corrected chi connectivity index (χ4v) is 3.22. The number of nitrogens with one attached hydrogen (secondary N) is 1. The fourth-order valence-electron chi connectivity index (χ4n) is 2.13. The molecule has 1 aromatic carbocycles. The Balaban J connectivity index is 1.95. The summed E-state index contributed by atoms with van der Waals surface area (Å²) in [5.74, 6) is 1.17. The van der Waals surface area contributed by atoms with Crippen molar-refractivity contribution in [1.82, 2.24) is 4.72 Å². The molecule has 2 unspecified atom stereocenters. The summed E-state index contributed by atoms with van der Waals surface area (Å²) in [7, 11) is -3.35. The summed E-state index contributed by atoms with van der Waals surface area (Å²) in [5, 5.41) is 0. The first-order valence-corrected chi connectivity index (χ1v) is 8.30. The Morgan fingerprint density at radius 1 is 1.32 bits per heavy atom. The standard InChI is InChI=1S/C14H22N2O2S/c1-11-9-13(11)10-16-19(17,18)14-6-4-12(5-7-14)3-2-8-15/h4-7,11,13,16H,2-3,8-10,15H2,1H3. The first kappa shape index (κ1) is 14.5. The molecule has 0 heterocycles. The lowest BCUT2D eigenvalue weighted by Crippen LogP contribution is -2.26. The lowest BCUT2D eigenvalue weighted by Gasteiger charge is -2.07. The number of aryl methyl sites for hydroxylation is 1. The predicted octanol–water partition coefficient (Wildman–Crippen LogP) is 1.51. The third-order valence-electron chi connectivity index (χ3n) is 3.71. The summed E-state index contributed by atoms with van der Waals surface area (Å²) in [4.78, 5) is 0.345. The Bertz CT molecular complexity index is 511. The quantitative estimate of drug-likeness (QED) is 0.796. The van der Waals surface area contributed by atoms with Gasteiger partial charge >= 0.3 is 0 Å². The largest absolute Gasteiger partial charge is 0.330 e. The smallest absolute Gasteiger partial charge is 0.240 e. The molecule has 1 aliphatic carbocycles. The van der Waals surface area contributed by atoms with Crippen LogP contribution in [0.3, 0.4) is 0 Å². The van der Waals surface area contributed by atoms with Crippen LogP contribution in [0.4, 0.5) is 0 Å². The van der Waals surface area contributed by atoms with Gasteiger partial charge in [0.15, 0.2) is 0 Å². The minimum absolute atomic E-state index is 0.345. The van der Waals surface area contributed by atoms with Gasteiger partial charge in [-0.1, -0.05) is 19.1 Å². The van der Waals surface area contributed by atoms with Crippen LogP contribution in [0.2, 0.25) is 0 Å². The highest BCUT2D eigenvalue weighted by atomic mass is 32.2. The van der Waals surface area contributed by atoms with E-state index in [-0.39, 0.29) is 0 Å². The lowest BCUT2D eigenvalue weighted by molar-refractivity contribution is 0.574. The monoisotopic (exact) mass is 282 g/mol. The Labute approximate surface area is 115 Å². The normalized spacial score (nSPS) is 22.4. The summed E-state index contributed by atoms with van der Waals surface area (Å²) < 4.78 is 26.8. The highest BCUT2D eigenvalue weighted by molar-refractivity contribution is 7.89. The summed E-state index contributed by atoms with van der Waals surface area (Å²) >= 11 is 0. The molecular weight excluding hydrogens is 260 g/mol. The van der Waals surface area contributed by atoms with Gasteiger partial charge in [-0.3, -0.25) is 0 Å². The average Bonchev–Trinajstić information content (AvgIpc) is 3.11. The van der Waals surface area contributed by atoms with Crippen LogP contribution in [0.25, 0.3) is 0 Å². The van der Waals surface area contributed by atoms with E-state index >= 15 is 0 Å². The second-order valence-corrected chi connectivity index (χ2v) is 7.13. The van der Waals surface area contributed by atoms with Gasteiger partial charge < -0.3 is 5.73 Å². The summed E-state index contributed by atoms with van der Waals surface area (Å²) in [6.45, 7) is 3.35. The summed E-state index contributed by atoms with van der Waals surface area (Å²) in [5.41, 5.74) is 6.58. The molecule has 4 nitrogen and oxygen atoms in total. The minimum Gasteiger partial charge on any atom is -0.330 e. The lowest BCUT2D eigenvalue weighted by atomic mass is 10.1. The van der Waals surface area contributed by atoms with Gasteiger partial charge in [0.2, 0.25) is 10.0 Å².